The van der Waals surface area contributed by atoms with Crippen LogP contribution < -0.4 is 11.3 Å². The number of rotatable bonds is 6. The Kier molecular flexibility index (Phi) is 4.71. The highest BCUT2D eigenvalue weighted by atomic mass is 15.3. The molecule has 4 heteroatoms. The zero-order chi connectivity index (χ0) is 13.7. The van der Waals surface area contributed by atoms with Crippen LogP contribution in [0.25, 0.3) is 0 Å². The summed E-state index contributed by atoms with van der Waals surface area (Å²) in [5.41, 5.74) is 6.72. The van der Waals surface area contributed by atoms with Crippen LogP contribution in [0.2, 0.25) is 0 Å². The Hall–Kier alpha value is -1.65. The average Bonchev–Trinajstić information content (AvgIpc) is 2.85. The van der Waals surface area contributed by atoms with Gasteiger partial charge >= 0.3 is 0 Å². The Morgan fingerprint density at radius 1 is 1.32 bits per heavy atom. The van der Waals surface area contributed by atoms with Gasteiger partial charge in [0.15, 0.2) is 0 Å². The molecule has 102 valence electrons. The van der Waals surface area contributed by atoms with E-state index in [1.54, 1.807) is 0 Å². The molecule has 0 fully saturated rings. The summed E-state index contributed by atoms with van der Waals surface area (Å²) >= 11 is 0. The molecule has 0 bridgehead atoms. The molecule has 19 heavy (non-hydrogen) atoms. The molecule has 1 heterocycles. The predicted octanol–water partition coefficient (Wildman–Crippen LogP) is 1.83. The Labute approximate surface area is 114 Å². The van der Waals surface area contributed by atoms with Gasteiger partial charge in [-0.2, -0.15) is 5.10 Å². The smallest absolute Gasteiger partial charge is 0.0522 e. The molecule has 0 amide bonds. The topological polar surface area (TPSA) is 55.9 Å². The molecule has 0 aliphatic rings. The number of nitrogens with two attached hydrogens (primary N) is 1. The van der Waals surface area contributed by atoms with E-state index in [0.717, 1.165) is 19.4 Å². The molecular formula is C15H22N4. The summed E-state index contributed by atoms with van der Waals surface area (Å²) < 4.78 is 1.94. The first-order valence-corrected chi connectivity index (χ1v) is 6.74. The summed E-state index contributed by atoms with van der Waals surface area (Å²) in [6.45, 7) is 5.10. The lowest BCUT2D eigenvalue weighted by Crippen LogP contribution is -2.38. The summed E-state index contributed by atoms with van der Waals surface area (Å²) in [6, 6.07) is 8.79. The molecule has 1 atom stereocenters. The first kappa shape index (κ1) is 13.8. The lowest BCUT2D eigenvalue weighted by molar-refractivity contribution is 0.522. The minimum atomic E-state index is 0.233. The standard InChI is InChI=1S/C15H22N4/c1-3-19-11-14(10-17-19)9-15(18-16)8-13-6-4-5-12(2)7-13/h4-7,10-11,15,18H,3,8-9,16H2,1-2H3. The van der Waals surface area contributed by atoms with Crippen molar-refractivity contribution in [1.29, 1.82) is 0 Å². The van der Waals surface area contributed by atoms with Gasteiger partial charge in [0.25, 0.3) is 0 Å². The summed E-state index contributed by atoms with van der Waals surface area (Å²) in [7, 11) is 0. The van der Waals surface area contributed by atoms with Gasteiger partial charge in [-0.3, -0.25) is 16.0 Å². The summed E-state index contributed by atoms with van der Waals surface area (Å²) in [5.74, 6) is 5.67. The fraction of sp³-hybridized carbons (Fsp3) is 0.400. The second-order valence-electron chi connectivity index (χ2n) is 4.97. The zero-order valence-electron chi connectivity index (χ0n) is 11.6. The highest BCUT2D eigenvalue weighted by molar-refractivity contribution is 5.23. The van der Waals surface area contributed by atoms with Crippen molar-refractivity contribution in [2.24, 2.45) is 5.84 Å². The maximum Gasteiger partial charge on any atom is 0.0522 e. The summed E-state index contributed by atoms with van der Waals surface area (Å²) in [6.07, 6.45) is 5.82. The minimum absolute atomic E-state index is 0.233. The number of nitrogens with one attached hydrogen (secondary N) is 1. The largest absolute Gasteiger partial charge is 0.273 e. The van der Waals surface area contributed by atoms with E-state index in [9.17, 15) is 0 Å². The van der Waals surface area contributed by atoms with Crippen molar-refractivity contribution < 1.29 is 0 Å². The first-order chi connectivity index (χ1) is 9.21. The quantitative estimate of drug-likeness (QED) is 0.614. The van der Waals surface area contributed by atoms with Crippen molar-refractivity contribution >= 4 is 0 Å². The van der Waals surface area contributed by atoms with Gasteiger partial charge < -0.3 is 0 Å². The number of hydrogen-bond acceptors (Lipinski definition) is 3. The van der Waals surface area contributed by atoms with Crippen LogP contribution in [-0.4, -0.2) is 15.8 Å². The van der Waals surface area contributed by atoms with E-state index in [4.69, 9.17) is 5.84 Å². The van der Waals surface area contributed by atoms with E-state index >= 15 is 0 Å². The van der Waals surface area contributed by atoms with Gasteiger partial charge in [0.05, 0.1) is 6.20 Å². The summed E-state index contributed by atoms with van der Waals surface area (Å²) in [4.78, 5) is 0. The van der Waals surface area contributed by atoms with Crippen LogP contribution >= 0.6 is 0 Å². The van der Waals surface area contributed by atoms with Gasteiger partial charge in [0.1, 0.15) is 0 Å². The van der Waals surface area contributed by atoms with E-state index in [1.807, 2.05) is 10.9 Å². The Morgan fingerprint density at radius 2 is 2.11 bits per heavy atom. The molecule has 4 nitrogen and oxygen atoms in total. The molecular weight excluding hydrogens is 236 g/mol. The maximum atomic E-state index is 5.67. The monoisotopic (exact) mass is 258 g/mol. The van der Waals surface area contributed by atoms with E-state index < -0.39 is 0 Å². The molecule has 3 N–H and O–H groups in total. The highest BCUT2D eigenvalue weighted by Gasteiger charge is 2.10. The third-order valence-corrected chi connectivity index (χ3v) is 3.29. The molecule has 1 aromatic heterocycles. The second kappa shape index (κ2) is 6.50. The molecule has 2 rings (SSSR count). The SMILES string of the molecule is CCn1cc(CC(Cc2cccc(C)c2)NN)cn1. The molecule has 0 aliphatic carbocycles. The molecule has 0 radical (unpaired) electrons. The minimum Gasteiger partial charge on any atom is -0.273 e. The molecule has 2 aromatic rings. The van der Waals surface area contributed by atoms with Crippen molar-refractivity contribution in [1.82, 2.24) is 15.2 Å². The van der Waals surface area contributed by atoms with Gasteiger partial charge in [-0.05, 0) is 37.8 Å². The van der Waals surface area contributed by atoms with Crippen LogP contribution in [0.5, 0.6) is 0 Å². The van der Waals surface area contributed by atoms with Gasteiger partial charge in [-0.25, -0.2) is 0 Å². The van der Waals surface area contributed by atoms with Gasteiger partial charge in [-0.15, -0.1) is 0 Å². The van der Waals surface area contributed by atoms with E-state index in [0.29, 0.717) is 0 Å². The van der Waals surface area contributed by atoms with Crippen LogP contribution in [0.15, 0.2) is 36.7 Å². The average molecular weight is 258 g/mol. The third-order valence-electron chi connectivity index (χ3n) is 3.29. The normalized spacial score (nSPS) is 12.6. The maximum absolute atomic E-state index is 5.67. The lowest BCUT2D eigenvalue weighted by atomic mass is 10.00. The van der Waals surface area contributed by atoms with Crippen molar-refractivity contribution in [2.75, 3.05) is 0 Å². The van der Waals surface area contributed by atoms with Crippen molar-refractivity contribution in [3.05, 3.63) is 53.3 Å². The third kappa shape index (κ3) is 3.91. The first-order valence-electron chi connectivity index (χ1n) is 6.74. The number of hydrazine groups is 1. The number of nitrogens with zero attached hydrogens (tertiary/aromatic N) is 2. The van der Waals surface area contributed by atoms with Crippen LogP contribution in [0.4, 0.5) is 0 Å². The Balaban J connectivity index is 2.00. The zero-order valence-corrected chi connectivity index (χ0v) is 11.6. The summed E-state index contributed by atoms with van der Waals surface area (Å²) in [5, 5.41) is 4.29. The second-order valence-corrected chi connectivity index (χ2v) is 4.97. The fourth-order valence-corrected chi connectivity index (χ4v) is 2.28. The van der Waals surface area contributed by atoms with E-state index in [2.05, 4.69) is 54.8 Å². The van der Waals surface area contributed by atoms with Crippen molar-refractivity contribution in [3.8, 4) is 0 Å². The van der Waals surface area contributed by atoms with Gasteiger partial charge in [-0.1, -0.05) is 29.8 Å². The predicted molar refractivity (Wildman–Crippen MR) is 77.6 cm³/mol. The van der Waals surface area contributed by atoms with Gasteiger partial charge in [0.2, 0.25) is 0 Å². The van der Waals surface area contributed by atoms with E-state index in [-0.39, 0.29) is 6.04 Å². The number of hydrogen-bond donors (Lipinski definition) is 2. The van der Waals surface area contributed by atoms with Crippen LogP contribution in [-0.2, 0) is 19.4 Å². The molecule has 0 aliphatic heterocycles. The lowest BCUT2D eigenvalue weighted by Gasteiger charge is -2.15. The Morgan fingerprint density at radius 3 is 2.74 bits per heavy atom. The number of benzene rings is 1. The van der Waals surface area contributed by atoms with Crippen molar-refractivity contribution in [2.45, 2.75) is 39.3 Å². The van der Waals surface area contributed by atoms with Crippen LogP contribution in [0.3, 0.4) is 0 Å². The van der Waals surface area contributed by atoms with Crippen LogP contribution in [0, 0.1) is 6.92 Å². The van der Waals surface area contributed by atoms with Crippen LogP contribution in [0.1, 0.15) is 23.6 Å². The molecule has 0 saturated heterocycles. The fourth-order valence-electron chi connectivity index (χ4n) is 2.28. The molecule has 0 spiro atoms. The van der Waals surface area contributed by atoms with Crippen molar-refractivity contribution in [3.63, 3.8) is 0 Å². The van der Waals surface area contributed by atoms with E-state index in [1.165, 1.54) is 16.7 Å². The molecule has 1 aromatic carbocycles. The van der Waals surface area contributed by atoms with Gasteiger partial charge in [0, 0.05) is 18.8 Å². The Bertz CT molecular complexity index is 518. The highest BCUT2D eigenvalue weighted by Crippen LogP contribution is 2.10. The number of aryl methyl sites for hydroxylation is 2. The number of aromatic nitrogens is 2. The molecule has 1 unspecified atom stereocenters. The molecule has 0 saturated carbocycles.